The molecule has 0 N–H and O–H groups in total. The number of rotatable bonds is 5. The van der Waals surface area contributed by atoms with Crippen molar-refractivity contribution in [2.45, 2.75) is 6.54 Å². The summed E-state index contributed by atoms with van der Waals surface area (Å²) >= 11 is 0. The molecule has 5 rings (SSSR count). The van der Waals surface area contributed by atoms with Gasteiger partial charge in [0.25, 0.3) is 5.89 Å². The normalized spacial score (nSPS) is 11.0. The van der Waals surface area contributed by atoms with E-state index in [2.05, 4.69) is 35.4 Å². The molecular formula is C18H13N9O. The van der Waals surface area contributed by atoms with Gasteiger partial charge in [-0.2, -0.15) is 4.98 Å². The molecule has 0 saturated carbocycles. The standard InChI is InChI=1S/C18H13N9O/c1-2-5-20-14(3-1)10-27-11-15(23-25-27)18-22-17(24-28-18)13-4-6-21-16(9-13)26-8-7-19-12-26/h1-9,11-12H,10H2. The molecule has 0 radical (unpaired) electrons. The summed E-state index contributed by atoms with van der Waals surface area (Å²) in [5.74, 6) is 1.45. The Balaban J connectivity index is 1.39. The van der Waals surface area contributed by atoms with E-state index >= 15 is 0 Å². The highest BCUT2D eigenvalue weighted by atomic mass is 16.5. The molecule has 0 spiro atoms. The molecule has 0 bridgehead atoms. The summed E-state index contributed by atoms with van der Waals surface area (Å²) in [5.41, 5.74) is 2.15. The molecule has 0 aliphatic heterocycles. The van der Waals surface area contributed by atoms with Gasteiger partial charge >= 0.3 is 0 Å². The second kappa shape index (κ2) is 6.83. The summed E-state index contributed by atoms with van der Waals surface area (Å²) in [6.45, 7) is 0.507. The summed E-state index contributed by atoms with van der Waals surface area (Å²) in [5, 5.41) is 12.3. The van der Waals surface area contributed by atoms with E-state index in [-0.39, 0.29) is 0 Å². The first-order chi connectivity index (χ1) is 13.8. The summed E-state index contributed by atoms with van der Waals surface area (Å²) in [6, 6.07) is 9.39. The molecule has 5 aromatic heterocycles. The van der Waals surface area contributed by atoms with Crippen molar-refractivity contribution in [2.24, 2.45) is 0 Å². The molecule has 5 heterocycles. The number of hydrogen-bond acceptors (Lipinski definition) is 8. The quantitative estimate of drug-likeness (QED) is 0.461. The Morgan fingerprint density at radius 1 is 1.04 bits per heavy atom. The molecule has 0 saturated heterocycles. The van der Waals surface area contributed by atoms with Gasteiger partial charge in [0.1, 0.15) is 12.1 Å². The van der Waals surface area contributed by atoms with E-state index in [1.807, 2.05) is 36.5 Å². The predicted molar refractivity (Wildman–Crippen MR) is 97.0 cm³/mol. The van der Waals surface area contributed by atoms with Crippen molar-refractivity contribution in [1.82, 2.24) is 44.7 Å². The SMILES string of the molecule is c1ccc(Cn2cc(-c3nc(-c4ccnc(-n5ccnc5)c4)no3)nn2)nc1. The van der Waals surface area contributed by atoms with Crippen LogP contribution in [0.3, 0.4) is 0 Å². The van der Waals surface area contributed by atoms with E-state index in [1.54, 1.807) is 40.4 Å². The van der Waals surface area contributed by atoms with E-state index in [0.29, 0.717) is 29.8 Å². The Morgan fingerprint density at radius 2 is 2.04 bits per heavy atom. The molecule has 0 aliphatic rings. The topological polar surface area (TPSA) is 113 Å². The molecule has 136 valence electrons. The molecule has 0 unspecified atom stereocenters. The van der Waals surface area contributed by atoms with E-state index < -0.39 is 0 Å². The minimum absolute atomic E-state index is 0.295. The third-order valence-electron chi connectivity index (χ3n) is 4.01. The van der Waals surface area contributed by atoms with Gasteiger partial charge < -0.3 is 4.52 Å². The third kappa shape index (κ3) is 3.14. The molecule has 0 amide bonds. The number of hydrogen-bond donors (Lipinski definition) is 0. The largest absolute Gasteiger partial charge is 0.332 e. The Bertz CT molecular complexity index is 1190. The second-order valence-corrected chi connectivity index (χ2v) is 5.92. The lowest BCUT2D eigenvalue weighted by atomic mass is 10.2. The zero-order valence-corrected chi connectivity index (χ0v) is 14.5. The predicted octanol–water partition coefficient (Wildman–Crippen LogP) is 2.02. The van der Waals surface area contributed by atoms with Crippen LogP contribution in [-0.4, -0.2) is 44.7 Å². The van der Waals surface area contributed by atoms with Crippen molar-refractivity contribution in [3.05, 3.63) is 73.3 Å². The first kappa shape index (κ1) is 16.0. The lowest BCUT2D eigenvalue weighted by Crippen LogP contribution is -2.01. The van der Waals surface area contributed by atoms with E-state index in [1.165, 1.54) is 0 Å². The molecule has 10 nitrogen and oxygen atoms in total. The number of aromatic nitrogens is 9. The van der Waals surface area contributed by atoms with Crippen LogP contribution in [0.1, 0.15) is 5.69 Å². The van der Waals surface area contributed by atoms with Gasteiger partial charge in [-0.15, -0.1) is 5.10 Å². The Morgan fingerprint density at radius 3 is 2.89 bits per heavy atom. The average Bonchev–Trinajstić information content (AvgIpc) is 3.50. The maximum absolute atomic E-state index is 5.37. The molecule has 10 heteroatoms. The smallest absolute Gasteiger partial charge is 0.280 e. The summed E-state index contributed by atoms with van der Waals surface area (Å²) in [7, 11) is 0. The van der Waals surface area contributed by atoms with Crippen LogP contribution < -0.4 is 0 Å². The second-order valence-electron chi connectivity index (χ2n) is 5.92. The molecule has 5 aromatic rings. The average molecular weight is 371 g/mol. The number of imidazole rings is 1. The van der Waals surface area contributed by atoms with Gasteiger partial charge in [0, 0.05) is 30.4 Å². The zero-order chi connectivity index (χ0) is 18.8. The minimum atomic E-state index is 0.295. The number of pyridine rings is 2. The van der Waals surface area contributed by atoms with Crippen molar-refractivity contribution >= 4 is 0 Å². The maximum Gasteiger partial charge on any atom is 0.280 e. The first-order valence-corrected chi connectivity index (χ1v) is 8.44. The summed E-state index contributed by atoms with van der Waals surface area (Å²) in [6.07, 6.45) is 10.3. The van der Waals surface area contributed by atoms with Crippen LogP contribution in [0.5, 0.6) is 0 Å². The monoisotopic (exact) mass is 371 g/mol. The summed E-state index contributed by atoms with van der Waals surface area (Å²) in [4.78, 5) is 17.1. The molecule has 0 fully saturated rings. The van der Waals surface area contributed by atoms with Crippen molar-refractivity contribution in [3.63, 3.8) is 0 Å². The highest BCUT2D eigenvalue weighted by Gasteiger charge is 2.15. The molecule has 0 aromatic carbocycles. The first-order valence-electron chi connectivity index (χ1n) is 8.44. The Labute approximate surface area is 158 Å². The zero-order valence-electron chi connectivity index (χ0n) is 14.5. The Hall–Kier alpha value is -4.21. The van der Waals surface area contributed by atoms with Gasteiger partial charge in [-0.05, 0) is 24.3 Å². The van der Waals surface area contributed by atoms with Crippen molar-refractivity contribution in [2.75, 3.05) is 0 Å². The molecule has 0 aliphatic carbocycles. The fourth-order valence-electron chi connectivity index (χ4n) is 2.67. The highest BCUT2D eigenvalue weighted by Crippen LogP contribution is 2.21. The van der Waals surface area contributed by atoms with Crippen LogP contribution in [0.4, 0.5) is 0 Å². The minimum Gasteiger partial charge on any atom is -0.332 e. The fraction of sp³-hybridized carbons (Fsp3) is 0.0556. The van der Waals surface area contributed by atoms with Crippen LogP contribution >= 0.6 is 0 Å². The van der Waals surface area contributed by atoms with E-state index in [0.717, 1.165) is 11.3 Å². The van der Waals surface area contributed by atoms with Gasteiger partial charge in [-0.3, -0.25) is 9.55 Å². The molecule has 0 atom stereocenters. The third-order valence-corrected chi connectivity index (χ3v) is 4.01. The van der Waals surface area contributed by atoms with Crippen molar-refractivity contribution in [1.29, 1.82) is 0 Å². The maximum atomic E-state index is 5.37. The van der Waals surface area contributed by atoms with Gasteiger partial charge in [-0.1, -0.05) is 16.4 Å². The van der Waals surface area contributed by atoms with Crippen LogP contribution in [0, 0.1) is 0 Å². The summed E-state index contributed by atoms with van der Waals surface area (Å²) < 4.78 is 8.84. The van der Waals surface area contributed by atoms with Crippen LogP contribution in [0.25, 0.3) is 28.8 Å². The Kier molecular flexibility index (Phi) is 3.91. The van der Waals surface area contributed by atoms with Gasteiger partial charge in [-0.25, -0.2) is 14.6 Å². The van der Waals surface area contributed by atoms with Gasteiger partial charge in [0.15, 0.2) is 5.69 Å². The lowest BCUT2D eigenvalue weighted by molar-refractivity contribution is 0.431. The van der Waals surface area contributed by atoms with E-state index in [9.17, 15) is 0 Å². The van der Waals surface area contributed by atoms with Gasteiger partial charge in [0.05, 0.1) is 18.4 Å². The molecular weight excluding hydrogens is 358 g/mol. The van der Waals surface area contributed by atoms with Crippen LogP contribution in [-0.2, 0) is 6.54 Å². The number of nitrogens with zero attached hydrogens (tertiary/aromatic N) is 9. The van der Waals surface area contributed by atoms with Crippen LogP contribution in [0.2, 0.25) is 0 Å². The van der Waals surface area contributed by atoms with Crippen molar-refractivity contribution in [3.8, 4) is 28.8 Å². The van der Waals surface area contributed by atoms with Crippen molar-refractivity contribution < 1.29 is 4.52 Å². The fourth-order valence-corrected chi connectivity index (χ4v) is 2.67. The highest BCUT2D eigenvalue weighted by molar-refractivity contribution is 5.59. The van der Waals surface area contributed by atoms with Crippen LogP contribution in [0.15, 0.2) is 72.2 Å². The van der Waals surface area contributed by atoms with Gasteiger partial charge in [0.2, 0.25) is 5.82 Å². The van der Waals surface area contributed by atoms with E-state index in [4.69, 9.17) is 4.52 Å². The lowest BCUT2D eigenvalue weighted by Gasteiger charge is -2.01. The molecule has 28 heavy (non-hydrogen) atoms.